The van der Waals surface area contributed by atoms with E-state index in [2.05, 4.69) is 15.7 Å². The maximum atomic E-state index is 12.1. The minimum atomic E-state index is -0.271. The van der Waals surface area contributed by atoms with E-state index in [0.29, 0.717) is 41.1 Å². The summed E-state index contributed by atoms with van der Waals surface area (Å²) in [7, 11) is 0. The van der Waals surface area contributed by atoms with Gasteiger partial charge in [0.1, 0.15) is 0 Å². The summed E-state index contributed by atoms with van der Waals surface area (Å²) in [4.78, 5) is 26.4. The predicted octanol–water partition coefficient (Wildman–Crippen LogP) is 3.87. The number of carbonyl (C=O) groups is 2. The van der Waals surface area contributed by atoms with Crippen molar-refractivity contribution in [2.45, 2.75) is 6.42 Å². The highest BCUT2D eigenvalue weighted by Crippen LogP contribution is 2.22. The first kappa shape index (κ1) is 21.0. The molecule has 152 valence electrons. The van der Waals surface area contributed by atoms with Crippen molar-refractivity contribution in [1.82, 2.24) is 5.32 Å². The van der Waals surface area contributed by atoms with Gasteiger partial charge in [-0.05, 0) is 36.4 Å². The van der Waals surface area contributed by atoms with Crippen LogP contribution >= 0.6 is 22.9 Å². The van der Waals surface area contributed by atoms with Crippen LogP contribution in [-0.2, 0) is 9.53 Å². The van der Waals surface area contributed by atoms with Crippen LogP contribution in [0, 0.1) is 5.53 Å². The SMILES string of the molecule is N=N/C(=C\Nc1ccc(N2CCOCCC2=O)cc1)CNC(=O)c1ccc(Cl)s1. The number of carbonyl (C=O) groups excluding carboxylic acids is 2. The molecule has 0 unspecified atom stereocenters. The Morgan fingerprint density at radius 3 is 2.76 bits per heavy atom. The minimum absolute atomic E-state index is 0.0427. The van der Waals surface area contributed by atoms with E-state index in [1.54, 1.807) is 23.2 Å². The zero-order valence-corrected chi connectivity index (χ0v) is 17.1. The normalized spacial score (nSPS) is 15.0. The summed E-state index contributed by atoms with van der Waals surface area (Å²) in [6.45, 7) is 1.61. The Balaban J connectivity index is 1.56. The first-order chi connectivity index (χ1) is 14.1. The van der Waals surface area contributed by atoms with E-state index in [-0.39, 0.29) is 18.4 Å². The van der Waals surface area contributed by atoms with Gasteiger partial charge in [0.2, 0.25) is 5.91 Å². The number of benzene rings is 1. The minimum Gasteiger partial charge on any atom is -0.379 e. The fourth-order valence-electron chi connectivity index (χ4n) is 2.67. The Bertz CT molecular complexity index is 913. The molecule has 1 saturated heterocycles. The largest absolute Gasteiger partial charge is 0.379 e. The highest BCUT2D eigenvalue weighted by molar-refractivity contribution is 7.18. The van der Waals surface area contributed by atoms with Crippen LogP contribution in [0.5, 0.6) is 0 Å². The molecule has 0 bridgehead atoms. The van der Waals surface area contributed by atoms with Gasteiger partial charge in [-0.15, -0.1) is 11.3 Å². The highest BCUT2D eigenvalue weighted by Gasteiger charge is 2.18. The number of thiophene rings is 1. The van der Waals surface area contributed by atoms with Gasteiger partial charge in [-0.2, -0.15) is 5.11 Å². The number of halogens is 1. The van der Waals surface area contributed by atoms with E-state index in [4.69, 9.17) is 21.9 Å². The van der Waals surface area contributed by atoms with Crippen molar-refractivity contribution in [3.63, 3.8) is 0 Å². The average molecular weight is 434 g/mol. The summed E-state index contributed by atoms with van der Waals surface area (Å²) in [6, 6.07) is 10.7. The van der Waals surface area contributed by atoms with Crippen LogP contribution in [0.2, 0.25) is 4.34 Å². The molecule has 2 heterocycles. The van der Waals surface area contributed by atoms with Crippen LogP contribution in [0.15, 0.2) is 53.4 Å². The van der Waals surface area contributed by atoms with Gasteiger partial charge >= 0.3 is 0 Å². The molecule has 10 heteroatoms. The quantitative estimate of drug-likeness (QED) is 0.576. The first-order valence-corrected chi connectivity index (χ1v) is 10.1. The molecule has 1 fully saturated rings. The molecule has 2 aromatic rings. The summed E-state index contributed by atoms with van der Waals surface area (Å²) in [5.41, 5.74) is 9.21. The van der Waals surface area contributed by atoms with Gasteiger partial charge in [0.05, 0.1) is 41.1 Å². The van der Waals surface area contributed by atoms with Gasteiger partial charge < -0.3 is 20.3 Å². The van der Waals surface area contributed by atoms with E-state index in [1.807, 2.05) is 24.3 Å². The van der Waals surface area contributed by atoms with E-state index >= 15 is 0 Å². The summed E-state index contributed by atoms with van der Waals surface area (Å²) in [5.74, 6) is -0.229. The molecule has 1 aliphatic rings. The summed E-state index contributed by atoms with van der Waals surface area (Å²) in [6.07, 6.45) is 1.93. The van der Waals surface area contributed by atoms with Gasteiger partial charge in [0, 0.05) is 24.1 Å². The number of hydrogen-bond acceptors (Lipinski definition) is 7. The third-order valence-corrected chi connectivity index (χ3v) is 5.41. The lowest BCUT2D eigenvalue weighted by Crippen LogP contribution is -2.31. The molecule has 1 aromatic carbocycles. The van der Waals surface area contributed by atoms with Gasteiger partial charge in [-0.3, -0.25) is 9.59 Å². The molecule has 0 saturated carbocycles. The zero-order chi connectivity index (χ0) is 20.6. The number of ether oxygens (including phenoxy) is 1. The maximum Gasteiger partial charge on any atom is 0.261 e. The van der Waals surface area contributed by atoms with Crippen molar-refractivity contribution in [3.8, 4) is 0 Å². The molecule has 1 aromatic heterocycles. The molecule has 0 radical (unpaired) electrons. The maximum absolute atomic E-state index is 12.1. The average Bonchev–Trinajstić information content (AvgIpc) is 3.06. The van der Waals surface area contributed by atoms with Crippen molar-refractivity contribution < 1.29 is 14.3 Å². The van der Waals surface area contributed by atoms with Crippen molar-refractivity contribution in [2.75, 3.05) is 36.5 Å². The molecule has 1 aliphatic heterocycles. The van der Waals surface area contributed by atoms with Gasteiger partial charge in [0.15, 0.2) is 0 Å². The second-order valence-electron chi connectivity index (χ2n) is 6.13. The lowest BCUT2D eigenvalue weighted by Gasteiger charge is -2.20. The van der Waals surface area contributed by atoms with Crippen molar-refractivity contribution in [2.24, 2.45) is 5.11 Å². The molecular formula is C19H20ClN5O3S. The fourth-order valence-corrected chi connectivity index (χ4v) is 3.63. The second-order valence-corrected chi connectivity index (χ2v) is 7.85. The van der Waals surface area contributed by atoms with Gasteiger partial charge in [-0.25, -0.2) is 5.53 Å². The number of amides is 2. The lowest BCUT2D eigenvalue weighted by atomic mass is 10.2. The Morgan fingerprint density at radius 1 is 1.28 bits per heavy atom. The molecule has 2 amide bonds. The zero-order valence-electron chi connectivity index (χ0n) is 15.5. The topological polar surface area (TPSA) is 107 Å². The monoisotopic (exact) mass is 433 g/mol. The van der Waals surface area contributed by atoms with Crippen LogP contribution in [0.4, 0.5) is 11.4 Å². The fraction of sp³-hybridized carbons (Fsp3) is 0.263. The molecule has 0 aliphatic carbocycles. The lowest BCUT2D eigenvalue weighted by molar-refractivity contribution is -0.118. The van der Waals surface area contributed by atoms with E-state index < -0.39 is 0 Å². The number of anilines is 2. The number of nitrogens with one attached hydrogen (secondary N) is 3. The Kier molecular flexibility index (Phi) is 7.34. The molecule has 0 spiro atoms. The third-order valence-electron chi connectivity index (χ3n) is 4.18. The van der Waals surface area contributed by atoms with Crippen LogP contribution in [-0.4, -0.2) is 38.1 Å². The smallest absolute Gasteiger partial charge is 0.261 e. The van der Waals surface area contributed by atoms with Crippen molar-refractivity contribution in [3.05, 3.63) is 57.5 Å². The molecule has 3 rings (SSSR count). The Morgan fingerprint density at radius 2 is 2.07 bits per heavy atom. The van der Waals surface area contributed by atoms with Crippen LogP contribution in [0.1, 0.15) is 16.1 Å². The third kappa shape index (κ3) is 5.86. The molecule has 0 atom stereocenters. The van der Waals surface area contributed by atoms with Crippen molar-refractivity contribution in [1.29, 1.82) is 5.53 Å². The van der Waals surface area contributed by atoms with E-state index in [9.17, 15) is 9.59 Å². The van der Waals surface area contributed by atoms with Crippen LogP contribution in [0.25, 0.3) is 0 Å². The molecule has 29 heavy (non-hydrogen) atoms. The number of nitrogens with zero attached hydrogens (tertiary/aromatic N) is 2. The van der Waals surface area contributed by atoms with Crippen molar-refractivity contribution >= 4 is 46.1 Å². The first-order valence-electron chi connectivity index (χ1n) is 8.91. The van der Waals surface area contributed by atoms with E-state index in [1.165, 1.54) is 11.3 Å². The number of rotatable bonds is 7. The van der Waals surface area contributed by atoms with Gasteiger partial charge in [-0.1, -0.05) is 11.6 Å². The summed E-state index contributed by atoms with van der Waals surface area (Å²) in [5, 5.41) is 9.17. The van der Waals surface area contributed by atoms with Crippen LogP contribution in [0.3, 0.4) is 0 Å². The standard InChI is InChI=1S/C19H20ClN5O3S/c20-17-6-5-16(29-17)19(27)23-12-14(24-21)11-22-13-1-3-15(4-2-13)25-8-10-28-9-7-18(25)26/h1-6,11,21-22H,7-10,12H2,(H,23,27)/b14-11-,24-21?. The Hall–Kier alpha value is -2.75. The van der Waals surface area contributed by atoms with Gasteiger partial charge in [0.25, 0.3) is 5.91 Å². The Labute approximate surface area is 177 Å². The highest BCUT2D eigenvalue weighted by atomic mass is 35.5. The predicted molar refractivity (Wildman–Crippen MR) is 113 cm³/mol. The molecule has 3 N–H and O–H groups in total. The molecule has 8 nitrogen and oxygen atoms in total. The van der Waals surface area contributed by atoms with Crippen LogP contribution < -0.4 is 15.5 Å². The number of hydrogen-bond donors (Lipinski definition) is 3. The second kappa shape index (κ2) is 10.1. The molecular weight excluding hydrogens is 414 g/mol. The summed E-state index contributed by atoms with van der Waals surface area (Å²) < 4.78 is 5.88. The summed E-state index contributed by atoms with van der Waals surface area (Å²) >= 11 is 7.01. The van der Waals surface area contributed by atoms with E-state index in [0.717, 1.165) is 11.4 Å².